The van der Waals surface area contributed by atoms with Crippen molar-refractivity contribution in [3.8, 4) is 28.4 Å². The number of ether oxygens (including phenoxy) is 2. The number of nitrogens with zero attached hydrogens (tertiary/aromatic N) is 3. The average Bonchev–Trinajstić information content (AvgIpc) is 3.35. The summed E-state index contributed by atoms with van der Waals surface area (Å²) in [5.74, 6) is -1.53. The van der Waals surface area contributed by atoms with E-state index in [0.717, 1.165) is 28.9 Å². The third-order valence-corrected chi connectivity index (χ3v) is 7.23. The maximum Gasteiger partial charge on any atom is 0.264 e. The molecule has 5 rings (SSSR count). The van der Waals surface area contributed by atoms with E-state index in [4.69, 9.17) is 14.6 Å². The molecule has 200 valence electrons. The summed E-state index contributed by atoms with van der Waals surface area (Å²) >= 11 is 0. The van der Waals surface area contributed by atoms with E-state index in [1.165, 1.54) is 19.4 Å². The van der Waals surface area contributed by atoms with E-state index in [0.29, 0.717) is 22.9 Å². The highest BCUT2D eigenvalue weighted by Crippen LogP contribution is 2.32. The Morgan fingerprint density at radius 2 is 1.77 bits per heavy atom. The summed E-state index contributed by atoms with van der Waals surface area (Å²) in [7, 11) is -3.10. The van der Waals surface area contributed by atoms with Gasteiger partial charge in [0.05, 0.1) is 24.8 Å². The molecule has 9 nitrogen and oxygen atoms in total. The largest absolute Gasteiger partial charge is 0.491 e. The number of nitrogens with one attached hydrogen (secondary N) is 1. The number of benzene rings is 3. The average molecular weight is 553 g/mol. The smallest absolute Gasteiger partial charge is 0.264 e. The second-order valence-electron chi connectivity index (χ2n) is 8.35. The summed E-state index contributed by atoms with van der Waals surface area (Å²) in [6.45, 7) is 0.118. The Balaban J connectivity index is 1.50. The van der Waals surface area contributed by atoms with Gasteiger partial charge in [0, 0.05) is 23.5 Å². The van der Waals surface area contributed by atoms with Gasteiger partial charge in [0.1, 0.15) is 40.9 Å². The van der Waals surface area contributed by atoms with Crippen molar-refractivity contribution >= 4 is 26.7 Å². The molecule has 0 atom stereocenters. The lowest BCUT2D eigenvalue weighted by Crippen LogP contribution is -2.15. The molecule has 0 bridgehead atoms. The molecular formula is C27H22F2N4O5S. The van der Waals surface area contributed by atoms with Crippen molar-refractivity contribution in [1.82, 2.24) is 14.5 Å². The van der Waals surface area contributed by atoms with Gasteiger partial charge >= 0.3 is 0 Å². The van der Waals surface area contributed by atoms with Crippen molar-refractivity contribution in [2.45, 2.75) is 4.90 Å². The lowest BCUT2D eigenvalue weighted by molar-refractivity contribution is 0.201. The molecule has 2 aromatic heterocycles. The van der Waals surface area contributed by atoms with E-state index in [1.807, 2.05) is 34.9 Å². The van der Waals surface area contributed by atoms with Gasteiger partial charge < -0.3 is 14.6 Å². The van der Waals surface area contributed by atoms with E-state index in [2.05, 4.69) is 14.7 Å². The first-order valence-corrected chi connectivity index (χ1v) is 13.1. The van der Waals surface area contributed by atoms with Crippen LogP contribution in [0.25, 0.3) is 27.8 Å². The highest BCUT2D eigenvalue weighted by Gasteiger charge is 2.22. The molecular weight excluding hydrogens is 530 g/mol. The highest BCUT2D eigenvalue weighted by atomic mass is 32.2. The van der Waals surface area contributed by atoms with Crippen molar-refractivity contribution in [2.75, 3.05) is 25.0 Å². The van der Waals surface area contributed by atoms with E-state index < -0.39 is 26.6 Å². The molecule has 39 heavy (non-hydrogen) atoms. The Hall–Kier alpha value is -4.55. The zero-order valence-electron chi connectivity index (χ0n) is 20.5. The SMILES string of the molecule is COc1ncc(-c2ccc3ncn(-c4ccc(OCCO)cc4)c3c2)cc1NS(=O)(=O)c1ccc(F)cc1F. The number of aromatic nitrogens is 3. The van der Waals surface area contributed by atoms with Crippen LogP contribution in [-0.2, 0) is 10.0 Å². The molecule has 0 aliphatic heterocycles. The summed E-state index contributed by atoms with van der Waals surface area (Å²) in [5.41, 5.74) is 3.57. The Kier molecular flexibility index (Phi) is 7.13. The van der Waals surface area contributed by atoms with Crippen LogP contribution in [0.5, 0.6) is 11.6 Å². The standard InChI is InChI=1S/C27H22F2N4O5S/c1-37-27-24(32-39(35,36)26-9-3-19(28)14-22(26)29)12-18(15-30-27)17-2-8-23-25(13-17)33(16-31-23)20-4-6-21(7-5-20)38-11-10-34/h2-9,12-16,32,34H,10-11H2,1H3. The summed E-state index contributed by atoms with van der Waals surface area (Å²) in [6, 6.07) is 16.5. The van der Waals surface area contributed by atoms with Crippen molar-refractivity contribution < 1.29 is 31.8 Å². The molecule has 0 aliphatic carbocycles. The number of sulfonamides is 1. The van der Waals surface area contributed by atoms with Crippen LogP contribution in [0.4, 0.5) is 14.5 Å². The minimum Gasteiger partial charge on any atom is -0.491 e. The predicted molar refractivity (Wildman–Crippen MR) is 141 cm³/mol. The lowest BCUT2D eigenvalue weighted by Gasteiger charge is -2.13. The summed E-state index contributed by atoms with van der Waals surface area (Å²) in [4.78, 5) is 7.95. The summed E-state index contributed by atoms with van der Waals surface area (Å²) in [5, 5.41) is 8.93. The Labute approximate surface area is 222 Å². The molecule has 0 saturated carbocycles. The minimum absolute atomic E-state index is 0.0224. The van der Waals surface area contributed by atoms with Gasteiger partial charge in [-0.25, -0.2) is 27.2 Å². The van der Waals surface area contributed by atoms with E-state index >= 15 is 0 Å². The monoisotopic (exact) mass is 552 g/mol. The Bertz CT molecular complexity index is 1760. The molecule has 2 N–H and O–H groups in total. The number of hydrogen-bond donors (Lipinski definition) is 2. The van der Waals surface area contributed by atoms with Gasteiger partial charge in [-0.1, -0.05) is 6.07 Å². The quantitative estimate of drug-likeness (QED) is 0.276. The lowest BCUT2D eigenvalue weighted by atomic mass is 10.1. The third kappa shape index (κ3) is 5.38. The molecule has 5 aromatic rings. The van der Waals surface area contributed by atoms with Gasteiger partial charge in [-0.05, 0) is 60.2 Å². The molecule has 2 heterocycles. The Morgan fingerprint density at radius 3 is 2.49 bits per heavy atom. The van der Waals surface area contributed by atoms with E-state index in [9.17, 15) is 17.2 Å². The number of fused-ring (bicyclic) bond motifs is 1. The topological polar surface area (TPSA) is 116 Å². The number of halogens is 2. The van der Waals surface area contributed by atoms with Crippen LogP contribution < -0.4 is 14.2 Å². The predicted octanol–water partition coefficient (Wildman–Crippen LogP) is 4.55. The highest BCUT2D eigenvalue weighted by molar-refractivity contribution is 7.92. The first-order chi connectivity index (χ1) is 18.8. The van der Waals surface area contributed by atoms with Gasteiger partial charge in [0.25, 0.3) is 10.0 Å². The second-order valence-corrected chi connectivity index (χ2v) is 10.00. The zero-order valence-corrected chi connectivity index (χ0v) is 21.3. The molecule has 0 amide bonds. The van der Waals surface area contributed by atoms with Crippen LogP contribution in [0.2, 0.25) is 0 Å². The van der Waals surface area contributed by atoms with Crippen LogP contribution in [0, 0.1) is 11.6 Å². The van der Waals surface area contributed by atoms with Gasteiger partial charge in [-0.3, -0.25) is 9.29 Å². The van der Waals surface area contributed by atoms with Crippen molar-refractivity contribution in [3.05, 3.63) is 90.9 Å². The number of aliphatic hydroxyl groups is 1. The normalized spacial score (nSPS) is 11.5. The molecule has 0 unspecified atom stereocenters. The number of hydrogen-bond acceptors (Lipinski definition) is 7. The fourth-order valence-electron chi connectivity index (χ4n) is 4.00. The van der Waals surface area contributed by atoms with Crippen LogP contribution in [0.1, 0.15) is 0 Å². The maximum absolute atomic E-state index is 14.2. The second kappa shape index (κ2) is 10.7. The van der Waals surface area contributed by atoms with Gasteiger partial charge in [-0.15, -0.1) is 0 Å². The molecule has 0 fully saturated rings. The third-order valence-electron chi connectivity index (χ3n) is 5.83. The molecule has 0 radical (unpaired) electrons. The number of imidazole rings is 1. The van der Waals surface area contributed by atoms with Crippen LogP contribution in [-0.4, -0.2) is 48.4 Å². The fourth-order valence-corrected chi connectivity index (χ4v) is 5.11. The van der Waals surface area contributed by atoms with Gasteiger partial charge in [0.15, 0.2) is 0 Å². The van der Waals surface area contributed by atoms with Crippen molar-refractivity contribution in [2.24, 2.45) is 0 Å². The van der Waals surface area contributed by atoms with Crippen LogP contribution >= 0.6 is 0 Å². The van der Waals surface area contributed by atoms with Gasteiger partial charge in [0.2, 0.25) is 5.88 Å². The summed E-state index contributed by atoms with van der Waals surface area (Å²) < 4.78 is 68.1. The van der Waals surface area contributed by atoms with Gasteiger partial charge in [-0.2, -0.15) is 0 Å². The first-order valence-electron chi connectivity index (χ1n) is 11.6. The van der Waals surface area contributed by atoms with Crippen molar-refractivity contribution in [3.63, 3.8) is 0 Å². The zero-order chi connectivity index (χ0) is 27.6. The number of methoxy groups -OCH3 is 1. The van der Waals surface area contributed by atoms with Crippen LogP contribution in [0.3, 0.4) is 0 Å². The Morgan fingerprint density at radius 1 is 0.974 bits per heavy atom. The van der Waals surface area contributed by atoms with Crippen molar-refractivity contribution in [1.29, 1.82) is 0 Å². The van der Waals surface area contributed by atoms with E-state index in [1.54, 1.807) is 18.5 Å². The van der Waals surface area contributed by atoms with E-state index in [-0.39, 0.29) is 24.8 Å². The fraction of sp³-hybridized carbons (Fsp3) is 0.111. The minimum atomic E-state index is -4.42. The summed E-state index contributed by atoms with van der Waals surface area (Å²) in [6.07, 6.45) is 3.20. The molecule has 0 aliphatic rings. The first kappa shape index (κ1) is 26.1. The molecule has 3 aromatic carbocycles. The number of rotatable bonds is 9. The molecule has 12 heteroatoms. The number of anilines is 1. The molecule has 0 saturated heterocycles. The molecule has 0 spiro atoms. The number of aliphatic hydroxyl groups excluding tert-OH is 1. The number of pyridine rings is 1. The van der Waals surface area contributed by atoms with Crippen LogP contribution in [0.15, 0.2) is 84.1 Å². The maximum atomic E-state index is 14.2.